The molecule has 0 saturated carbocycles. The van der Waals surface area contributed by atoms with E-state index < -0.39 is 51.3 Å². The highest BCUT2D eigenvalue weighted by molar-refractivity contribution is 8.06. The van der Waals surface area contributed by atoms with E-state index in [9.17, 15) is 19.1 Å². The molecular formula is C21H26N9O9P2S+. The lowest BCUT2D eigenvalue weighted by atomic mass is 10.2. The molecule has 4 aromatic rings. The second-order valence-electron chi connectivity index (χ2n) is 9.60. The fourth-order valence-corrected chi connectivity index (χ4v) is 6.29. The Morgan fingerprint density at radius 2 is 1.98 bits per heavy atom. The van der Waals surface area contributed by atoms with Crippen LogP contribution in [0, 0.1) is 0 Å². The topological polar surface area (TPSA) is 250 Å². The fraction of sp³-hybridized carbons (Fsp3) is 0.476. The Bertz CT molecular complexity index is 1740. The molecule has 18 nitrogen and oxygen atoms in total. The minimum absolute atomic E-state index is 0.0382. The van der Waals surface area contributed by atoms with Crippen LogP contribution in [0.5, 0.6) is 0 Å². The van der Waals surface area contributed by atoms with E-state index in [1.807, 2.05) is 0 Å². The highest BCUT2D eigenvalue weighted by Gasteiger charge is 2.45. The number of imidazole rings is 1. The predicted molar refractivity (Wildman–Crippen MR) is 149 cm³/mol. The number of anilines is 2. The van der Waals surface area contributed by atoms with Crippen molar-refractivity contribution < 1.29 is 37.4 Å². The van der Waals surface area contributed by atoms with Gasteiger partial charge in [0.15, 0.2) is 11.2 Å². The summed E-state index contributed by atoms with van der Waals surface area (Å²) in [6.07, 6.45) is 2.63. The first-order chi connectivity index (χ1) is 20.1. The van der Waals surface area contributed by atoms with E-state index in [1.165, 1.54) is 12.7 Å². The average molecular weight is 643 g/mol. The summed E-state index contributed by atoms with van der Waals surface area (Å²) in [5.74, 6) is 0.262. The third kappa shape index (κ3) is 6.07. The van der Waals surface area contributed by atoms with Crippen molar-refractivity contribution in [2.24, 2.45) is 0 Å². The van der Waals surface area contributed by atoms with Crippen molar-refractivity contribution in [2.75, 3.05) is 24.7 Å². The number of rotatable bonds is 10. The Morgan fingerprint density at radius 1 is 1.14 bits per heavy atom. The molecule has 5 unspecified atom stereocenters. The van der Waals surface area contributed by atoms with Gasteiger partial charge < -0.3 is 39.8 Å². The van der Waals surface area contributed by atoms with Gasteiger partial charge in [-0.25, -0.2) is 15.0 Å². The molecular weight excluding hydrogens is 616 g/mol. The lowest BCUT2D eigenvalue weighted by Crippen LogP contribution is -2.27. The van der Waals surface area contributed by atoms with Crippen LogP contribution in [0.1, 0.15) is 31.7 Å². The highest BCUT2D eigenvalue weighted by Crippen LogP contribution is 2.43. The van der Waals surface area contributed by atoms with Crippen molar-refractivity contribution in [3.63, 3.8) is 0 Å². The molecule has 0 radical (unpaired) electrons. The van der Waals surface area contributed by atoms with Gasteiger partial charge >= 0.3 is 15.0 Å². The van der Waals surface area contributed by atoms with Gasteiger partial charge in [-0.1, -0.05) is 0 Å². The van der Waals surface area contributed by atoms with Crippen LogP contribution in [0.2, 0.25) is 0 Å². The monoisotopic (exact) mass is 642 g/mol. The molecule has 2 aliphatic heterocycles. The zero-order chi connectivity index (χ0) is 29.6. The molecule has 6 heterocycles. The Kier molecular flexibility index (Phi) is 8.05. The Balaban J connectivity index is 1.08. The van der Waals surface area contributed by atoms with Crippen LogP contribution >= 0.6 is 15.0 Å². The number of nitrogens with one attached hydrogen (secondary N) is 1. The van der Waals surface area contributed by atoms with Crippen molar-refractivity contribution in [2.45, 2.75) is 50.0 Å². The molecule has 6 atom stereocenters. The van der Waals surface area contributed by atoms with Gasteiger partial charge in [-0.15, -0.1) is 9.05 Å². The molecule has 224 valence electrons. The van der Waals surface area contributed by atoms with Crippen molar-refractivity contribution >= 4 is 60.7 Å². The van der Waals surface area contributed by atoms with Gasteiger partial charge in [0.1, 0.15) is 49.1 Å². The van der Waals surface area contributed by atoms with E-state index in [0.29, 0.717) is 35.3 Å². The van der Waals surface area contributed by atoms with Crippen LogP contribution < -0.4 is 17.0 Å². The Morgan fingerprint density at radius 3 is 2.79 bits per heavy atom. The van der Waals surface area contributed by atoms with Crippen LogP contribution in [-0.2, 0) is 39.4 Å². The first kappa shape index (κ1) is 29.1. The van der Waals surface area contributed by atoms with Crippen molar-refractivity contribution in [1.29, 1.82) is 0 Å². The smallest absolute Gasteiger partial charge is 0.383 e. The minimum atomic E-state index is -3.98. The molecule has 2 aliphatic rings. The third-order valence-corrected chi connectivity index (χ3v) is 8.48. The summed E-state index contributed by atoms with van der Waals surface area (Å²) in [7, 11) is -2.64. The van der Waals surface area contributed by atoms with Gasteiger partial charge in [-0.2, -0.15) is 4.98 Å². The summed E-state index contributed by atoms with van der Waals surface area (Å²) < 4.78 is 44.4. The second kappa shape index (κ2) is 11.6. The van der Waals surface area contributed by atoms with Crippen LogP contribution in [-0.4, -0.2) is 75.4 Å². The standard InChI is InChI=1S/C21H25N9O9P2S/c22-17-11-3-4-29(18(11)25-8-24-17)15-5-12(13(38-15)7-36-41(33,34)42)39-40(32)35-6-10-1-2-14(37-10)30-9-26-16-19(30)27-21(23)28-20(16)31/h3-4,8-10,12-15H,1-2,5-7H2,(H6-,22,23,24,25,27,28,31,33,34,42)/p+1/t10?,12?,13?,14-,15?/m1/s1. The maximum absolute atomic E-state index is 12.8. The number of nitrogens with zero attached hydrogens (tertiary/aromatic N) is 6. The lowest BCUT2D eigenvalue weighted by molar-refractivity contribution is -0.0393. The van der Waals surface area contributed by atoms with E-state index in [4.69, 9.17) is 34.5 Å². The second-order valence-corrected chi connectivity index (χ2v) is 13.2. The van der Waals surface area contributed by atoms with Crippen LogP contribution in [0.15, 0.2) is 29.7 Å². The summed E-state index contributed by atoms with van der Waals surface area (Å²) in [4.78, 5) is 50.0. The highest BCUT2D eigenvalue weighted by atomic mass is 32.5. The number of aromatic nitrogens is 7. The maximum atomic E-state index is 12.8. The fourth-order valence-electron chi connectivity index (χ4n) is 4.98. The number of ether oxygens (including phenoxy) is 2. The van der Waals surface area contributed by atoms with E-state index in [1.54, 1.807) is 21.4 Å². The first-order valence-electron chi connectivity index (χ1n) is 12.6. The van der Waals surface area contributed by atoms with Gasteiger partial charge in [0, 0.05) is 17.2 Å². The average Bonchev–Trinajstić information content (AvgIpc) is 3.71. The normalized spacial score (nSPS) is 25.1. The molecule has 7 N–H and O–H groups in total. The number of nitrogens with two attached hydrogens (primary N) is 2. The number of H-pyrrole nitrogens is 1. The zero-order valence-electron chi connectivity index (χ0n) is 21.6. The minimum Gasteiger partial charge on any atom is -0.383 e. The number of aromatic amines is 1. The van der Waals surface area contributed by atoms with Gasteiger partial charge in [-0.3, -0.25) is 14.3 Å². The molecule has 21 heteroatoms. The Hall–Kier alpha value is -2.96. The molecule has 6 rings (SSSR count). The molecule has 4 aromatic heterocycles. The molecule has 0 spiro atoms. The van der Waals surface area contributed by atoms with Gasteiger partial charge in [-0.05, 0) is 30.7 Å². The molecule has 0 amide bonds. The molecule has 2 saturated heterocycles. The summed E-state index contributed by atoms with van der Waals surface area (Å²) in [6.45, 7) is -4.35. The van der Waals surface area contributed by atoms with E-state index >= 15 is 0 Å². The first-order valence-corrected chi connectivity index (χ1v) is 16.3. The molecule has 0 bridgehead atoms. The Labute approximate surface area is 242 Å². The third-order valence-electron chi connectivity index (χ3n) is 6.87. The molecule has 42 heavy (non-hydrogen) atoms. The molecule has 0 aliphatic carbocycles. The van der Waals surface area contributed by atoms with E-state index in [-0.39, 0.29) is 31.1 Å². The summed E-state index contributed by atoms with van der Waals surface area (Å²) in [5, 5.41) is 0.624. The molecule has 2 fully saturated rings. The van der Waals surface area contributed by atoms with Crippen molar-refractivity contribution in [3.8, 4) is 0 Å². The predicted octanol–water partition coefficient (Wildman–Crippen LogP) is 0.979. The van der Waals surface area contributed by atoms with Gasteiger partial charge in [0.2, 0.25) is 5.95 Å². The van der Waals surface area contributed by atoms with Crippen LogP contribution in [0.4, 0.5) is 11.8 Å². The summed E-state index contributed by atoms with van der Waals surface area (Å²) in [5.41, 5.74) is 12.1. The number of nitrogen functional groups attached to an aromatic ring is 2. The number of hydrogen-bond donors (Lipinski definition) is 5. The molecule has 0 aromatic carbocycles. The maximum Gasteiger partial charge on any atom is 0.697 e. The van der Waals surface area contributed by atoms with Crippen LogP contribution in [0.3, 0.4) is 0 Å². The van der Waals surface area contributed by atoms with Gasteiger partial charge in [0.05, 0.1) is 24.4 Å². The number of fused-ring (bicyclic) bond motifs is 2. The van der Waals surface area contributed by atoms with E-state index in [0.717, 1.165) is 0 Å². The van der Waals surface area contributed by atoms with Crippen molar-refractivity contribution in [1.82, 2.24) is 34.1 Å². The van der Waals surface area contributed by atoms with Gasteiger partial charge in [0.25, 0.3) is 5.56 Å². The summed E-state index contributed by atoms with van der Waals surface area (Å²) >= 11 is 4.55. The summed E-state index contributed by atoms with van der Waals surface area (Å²) in [6, 6.07) is 1.74. The largest absolute Gasteiger partial charge is 0.697 e. The number of hydrogen-bond acceptors (Lipinski definition) is 14. The van der Waals surface area contributed by atoms with Crippen molar-refractivity contribution in [3.05, 3.63) is 35.3 Å². The zero-order valence-corrected chi connectivity index (χ0v) is 24.2. The SMILES string of the molecule is Nc1nc2c(ncn2[C@H]2CCC(CO[P+](=O)OC3CC(n4ccc5c(N)ncnc54)OC3COP(O)(O)=S)O2)c(=O)[nH]1. The van der Waals surface area contributed by atoms with Crippen LogP contribution in [0.25, 0.3) is 22.2 Å². The quantitative estimate of drug-likeness (QED) is 0.151. The van der Waals surface area contributed by atoms with E-state index in [2.05, 4.69) is 36.7 Å². The lowest BCUT2D eigenvalue weighted by Gasteiger charge is -2.17.